The zero-order valence-electron chi connectivity index (χ0n) is 7.98. The Bertz CT molecular complexity index is 146. The summed E-state index contributed by atoms with van der Waals surface area (Å²) in [6.07, 6.45) is 0.869. The Morgan fingerprint density at radius 2 is 2.08 bits per heavy atom. The third-order valence-electron chi connectivity index (χ3n) is 1.67. The highest BCUT2D eigenvalue weighted by Gasteiger charge is 2.18. The summed E-state index contributed by atoms with van der Waals surface area (Å²) in [5.41, 5.74) is -0.317. The molecule has 0 radical (unpaired) electrons. The van der Waals surface area contributed by atoms with E-state index in [9.17, 15) is 4.79 Å². The Morgan fingerprint density at radius 3 is 2.50 bits per heavy atom. The second-order valence-electron chi connectivity index (χ2n) is 3.52. The van der Waals surface area contributed by atoms with Crippen LogP contribution in [-0.4, -0.2) is 30.3 Å². The van der Waals surface area contributed by atoms with Crippen LogP contribution in [0.2, 0.25) is 0 Å². The molecule has 3 N–H and O–H groups in total. The van der Waals surface area contributed by atoms with Gasteiger partial charge in [-0.1, -0.05) is 0 Å². The molecule has 4 nitrogen and oxygen atoms in total. The largest absolute Gasteiger partial charge is 0.465 e. The number of hydrogen-bond acceptors (Lipinski definition) is 2. The Hall–Kier alpha value is -0.770. The highest BCUT2D eigenvalue weighted by molar-refractivity contribution is 5.65. The lowest BCUT2D eigenvalue weighted by Crippen LogP contribution is -2.42. The molecule has 1 amide bonds. The molecule has 0 saturated heterocycles. The normalized spacial score (nSPS) is 11.2. The molecule has 0 aliphatic carbocycles. The number of carboxylic acid groups (broad SMARTS) is 1. The van der Waals surface area contributed by atoms with Crippen molar-refractivity contribution in [3.63, 3.8) is 0 Å². The first-order valence-corrected chi connectivity index (χ1v) is 4.13. The Balaban J connectivity index is 3.63. The van der Waals surface area contributed by atoms with Gasteiger partial charge in [0.15, 0.2) is 0 Å². The van der Waals surface area contributed by atoms with Crippen LogP contribution < -0.4 is 10.6 Å². The molecule has 0 aliphatic rings. The average molecular weight is 174 g/mol. The van der Waals surface area contributed by atoms with Crippen molar-refractivity contribution in [3.8, 4) is 0 Å². The van der Waals surface area contributed by atoms with Crippen molar-refractivity contribution in [2.45, 2.75) is 32.2 Å². The summed E-state index contributed by atoms with van der Waals surface area (Å²) in [6.45, 7) is 4.69. The lowest BCUT2D eigenvalue weighted by atomic mass is 9.99. The van der Waals surface area contributed by atoms with Crippen molar-refractivity contribution in [1.82, 2.24) is 10.6 Å². The fourth-order valence-electron chi connectivity index (χ4n) is 1.06. The van der Waals surface area contributed by atoms with E-state index in [1.165, 1.54) is 0 Å². The van der Waals surface area contributed by atoms with Gasteiger partial charge >= 0.3 is 6.09 Å². The minimum atomic E-state index is -0.954. The molecule has 0 fully saturated rings. The molecule has 0 spiro atoms. The van der Waals surface area contributed by atoms with Gasteiger partial charge in [0.1, 0.15) is 0 Å². The van der Waals surface area contributed by atoms with Gasteiger partial charge in [0, 0.05) is 5.54 Å². The number of carbonyl (C=O) groups is 1. The van der Waals surface area contributed by atoms with Gasteiger partial charge in [-0.05, 0) is 40.3 Å². The smallest absolute Gasteiger partial charge is 0.405 e. The summed E-state index contributed by atoms with van der Waals surface area (Å²) in [4.78, 5) is 10.3. The molecule has 0 saturated carbocycles. The van der Waals surface area contributed by atoms with Gasteiger partial charge in [-0.2, -0.15) is 0 Å². The van der Waals surface area contributed by atoms with Crippen LogP contribution in [0.5, 0.6) is 0 Å². The van der Waals surface area contributed by atoms with E-state index in [-0.39, 0.29) is 5.54 Å². The maximum absolute atomic E-state index is 10.3. The van der Waals surface area contributed by atoms with Crippen LogP contribution in [0.4, 0.5) is 4.79 Å². The van der Waals surface area contributed by atoms with Gasteiger partial charge in [-0.15, -0.1) is 0 Å². The minimum absolute atomic E-state index is 0.317. The van der Waals surface area contributed by atoms with E-state index in [1.807, 2.05) is 20.9 Å². The predicted molar refractivity (Wildman–Crippen MR) is 48.4 cm³/mol. The SMILES string of the molecule is CNCCCC(C)(C)NC(=O)O. The van der Waals surface area contributed by atoms with Crippen molar-refractivity contribution in [3.05, 3.63) is 0 Å². The molecule has 0 rings (SSSR count). The lowest BCUT2D eigenvalue weighted by Gasteiger charge is -2.24. The van der Waals surface area contributed by atoms with Crippen LogP contribution in [0.1, 0.15) is 26.7 Å². The summed E-state index contributed by atoms with van der Waals surface area (Å²) in [5, 5.41) is 14.0. The Kier molecular flexibility index (Phi) is 4.66. The topological polar surface area (TPSA) is 61.4 Å². The molecule has 0 bridgehead atoms. The van der Waals surface area contributed by atoms with Gasteiger partial charge in [0.2, 0.25) is 0 Å². The van der Waals surface area contributed by atoms with Gasteiger partial charge < -0.3 is 15.7 Å². The van der Waals surface area contributed by atoms with Crippen LogP contribution in [0.15, 0.2) is 0 Å². The van der Waals surface area contributed by atoms with Gasteiger partial charge in [0.05, 0.1) is 0 Å². The highest BCUT2D eigenvalue weighted by atomic mass is 16.4. The highest BCUT2D eigenvalue weighted by Crippen LogP contribution is 2.09. The van der Waals surface area contributed by atoms with E-state index in [1.54, 1.807) is 0 Å². The predicted octanol–water partition coefficient (Wildman–Crippen LogP) is 1.03. The van der Waals surface area contributed by atoms with E-state index in [0.29, 0.717) is 0 Å². The quantitative estimate of drug-likeness (QED) is 0.545. The number of amides is 1. The summed E-state index contributed by atoms with van der Waals surface area (Å²) < 4.78 is 0. The van der Waals surface area contributed by atoms with Gasteiger partial charge in [-0.25, -0.2) is 4.79 Å². The van der Waals surface area contributed by atoms with Crippen LogP contribution in [0.3, 0.4) is 0 Å². The summed E-state index contributed by atoms with van der Waals surface area (Å²) in [5.74, 6) is 0. The zero-order valence-corrected chi connectivity index (χ0v) is 7.98. The lowest BCUT2D eigenvalue weighted by molar-refractivity contribution is 0.180. The molecular weight excluding hydrogens is 156 g/mol. The van der Waals surface area contributed by atoms with Crippen LogP contribution >= 0.6 is 0 Å². The first-order chi connectivity index (χ1) is 5.48. The standard InChI is InChI=1S/C8H18N2O2/c1-8(2,10-7(11)12)5-4-6-9-3/h9-10H,4-6H2,1-3H3,(H,11,12). The van der Waals surface area contributed by atoms with E-state index in [0.717, 1.165) is 19.4 Å². The van der Waals surface area contributed by atoms with Crippen molar-refractivity contribution in [1.29, 1.82) is 0 Å². The first-order valence-electron chi connectivity index (χ1n) is 4.13. The fourth-order valence-corrected chi connectivity index (χ4v) is 1.06. The average Bonchev–Trinajstić information content (AvgIpc) is 1.84. The molecule has 12 heavy (non-hydrogen) atoms. The number of nitrogens with one attached hydrogen (secondary N) is 2. The van der Waals surface area contributed by atoms with E-state index in [4.69, 9.17) is 5.11 Å². The summed E-state index contributed by atoms with van der Waals surface area (Å²) in [6, 6.07) is 0. The second kappa shape index (κ2) is 4.98. The van der Waals surface area contributed by atoms with Gasteiger partial charge in [-0.3, -0.25) is 0 Å². The van der Waals surface area contributed by atoms with Crippen molar-refractivity contribution >= 4 is 6.09 Å². The number of hydrogen-bond donors (Lipinski definition) is 3. The molecule has 0 heterocycles. The Labute approximate surface area is 73.3 Å². The molecule has 0 aromatic heterocycles. The van der Waals surface area contributed by atoms with E-state index >= 15 is 0 Å². The van der Waals surface area contributed by atoms with Crippen LogP contribution in [-0.2, 0) is 0 Å². The number of rotatable bonds is 5. The van der Waals surface area contributed by atoms with Crippen LogP contribution in [0, 0.1) is 0 Å². The fraction of sp³-hybridized carbons (Fsp3) is 0.875. The summed E-state index contributed by atoms with van der Waals surface area (Å²) >= 11 is 0. The molecule has 0 unspecified atom stereocenters. The first kappa shape index (κ1) is 11.2. The molecule has 0 aromatic rings. The maximum Gasteiger partial charge on any atom is 0.405 e. The van der Waals surface area contributed by atoms with Crippen LogP contribution in [0.25, 0.3) is 0 Å². The van der Waals surface area contributed by atoms with E-state index in [2.05, 4.69) is 10.6 Å². The molecule has 0 aliphatic heterocycles. The monoisotopic (exact) mass is 174 g/mol. The third kappa shape index (κ3) is 5.97. The third-order valence-corrected chi connectivity index (χ3v) is 1.67. The summed E-state index contributed by atoms with van der Waals surface area (Å²) in [7, 11) is 1.89. The van der Waals surface area contributed by atoms with Gasteiger partial charge in [0.25, 0.3) is 0 Å². The molecule has 0 aromatic carbocycles. The van der Waals surface area contributed by atoms with Crippen molar-refractivity contribution in [2.75, 3.05) is 13.6 Å². The van der Waals surface area contributed by atoms with Crippen molar-refractivity contribution < 1.29 is 9.90 Å². The zero-order chi connectivity index (χ0) is 9.61. The molecule has 0 atom stereocenters. The molecular formula is C8H18N2O2. The molecule has 4 heteroatoms. The molecule has 72 valence electrons. The Morgan fingerprint density at radius 1 is 1.50 bits per heavy atom. The van der Waals surface area contributed by atoms with Crippen molar-refractivity contribution in [2.24, 2.45) is 0 Å². The van der Waals surface area contributed by atoms with E-state index < -0.39 is 6.09 Å². The minimum Gasteiger partial charge on any atom is -0.465 e. The maximum atomic E-state index is 10.3. The second-order valence-corrected chi connectivity index (χ2v) is 3.52.